The van der Waals surface area contributed by atoms with Gasteiger partial charge in [0.1, 0.15) is 0 Å². The van der Waals surface area contributed by atoms with E-state index in [0.717, 1.165) is 30.0 Å². The molecule has 0 aliphatic heterocycles. The van der Waals surface area contributed by atoms with Crippen molar-refractivity contribution in [2.75, 3.05) is 35.2 Å². The van der Waals surface area contributed by atoms with Crippen molar-refractivity contribution in [1.29, 1.82) is 0 Å². The smallest absolute Gasteiger partial charge is 0.243 e. The molecule has 0 saturated carbocycles. The quantitative estimate of drug-likeness (QED) is 0.815. The van der Waals surface area contributed by atoms with Crippen LogP contribution in [0.3, 0.4) is 0 Å². The average molecular weight is 311 g/mol. The normalized spacial score (nSPS) is 10.2. The van der Waals surface area contributed by atoms with Crippen LogP contribution in [-0.2, 0) is 4.79 Å². The van der Waals surface area contributed by atoms with E-state index in [1.165, 1.54) is 5.69 Å². The van der Waals surface area contributed by atoms with E-state index in [0.29, 0.717) is 0 Å². The molecule has 122 valence electrons. The minimum Gasteiger partial charge on any atom is -0.376 e. The van der Waals surface area contributed by atoms with Crippen LogP contribution < -0.4 is 15.5 Å². The number of nitrogens with one attached hydrogen (secondary N) is 2. The molecule has 0 radical (unpaired) electrons. The van der Waals surface area contributed by atoms with E-state index < -0.39 is 0 Å². The lowest BCUT2D eigenvalue weighted by molar-refractivity contribution is -0.114. The molecule has 1 amide bonds. The zero-order chi connectivity index (χ0) is 16.7. The fraction of sp³-hybridized carbons (Fsp3) is 0.316. The number of hydrogen-bond donors (Lipinski definition) is 2. The zero-order valence-corrected chi connectivity index (χ0v) is 14.1. The number of carbonyl (C=O) groups is 1. The molecule has 23 heavy (non-hydrogen) atoms. The Bertz CT molecular complexity index is 633. The Morgan fingerprint density at radius 2 is 1.65 bits per heavy atom. The Morgan fingerprint density at radius 3 is 2.26 bits per heavy atom. The summed E-state index contributed by atoms with van der Waals surface area (Å²) in [7, 11) is 0. The first-order chi connectivity index (χ1) is 11.1. The molecule has 2 aromatic rings. The number of aryl methyl sites for hydroxylation is 1. The summed E-state index contributed by atoms with van der Waals surface area (Å²) in [6.07, 6.45) is 0. The lowest BCUT2D eigenvalue weighted by Crippen LogP contribution is -2.23. The standard InChI is InChI=1S/C19H25N3O/c1-4-22(5-2)17-12-10-16(11-13-17)20-14-19(23)21-18-9-7-6-8-15(18)3/h6-13,20H,4-5,14H2,1-3H3,(H,21,23). The predicted molar refractivity (Wildman–Crippen MR) is 98.3 cm³/mol. The Hall–Kier alpha value is -2.49. The van der Waals surface area contributed by atoms with Gasteiger partial charge in [0.2, 0.25) is 5.91 Å². The van der Waals surface area contributed by atoms with Gasteiger partial charge in [0.25, 0.3) is 0 Å². The van der Waals surface area contributed by atoms with Crippen LogP contribution >= 0.6 is 0 Å². The molecular formula is C19H25N3O. The Morgan fingerprint density at radius 1 is 1.00 bits per heavy atom. The maximum Gasteiger partial charge on any atom is 0.243 e. The highest BCUT2D eigenvalue weighted by atomic mass is 16.1. The van der Waals surface area contributed by atoms with E-state index in [-0.39, 0.29) is 12.5 Å². The Labute approximate surface area is 138 Å². The summed E-state index contributed by atoms with van der Waals surface area (Å²) in [6, 6.07) is 15.9. The van der Waals surface area contributed by atoms with Crippen molar-refractivity contribution < 1.29 is 4.79 Å². The molecule has 0 bridgehead atoms. The lowest BCUT2D eigenvalue weighted by Gasteiger charge is -2.21. The highest BCUT2D eigenvalue weighted by Crippen LogP contribution is 2.18. The first-order valence-corrected chi connectivity index (χ1v) is 8.08. The molecule has 0 atom stereocenters. The maximum absolute atomic E-state index is 12.0. The maximum atomic E-state index is 12.0. The van der Waals surface area contributed by atoms with Gasteiger partial charge >= 0.3 is 0 Å². The van der Waals surface area contributed by atoms with Crippen molar-refractivity contribution in [3.63, 3.8) is 0 Å². The average Bonchev–Trinajstić information content (AvgIpc) is 2.57. The molecule has 0 saturated heterocycles. The van der Waals surface area contributed by atoms with Gasteiger partial charge < -0.3 is 15.5 Å². The molecule has 0 aliphatic rings. The molecular weight excluding hydrogens is 286 g/mol. The third-order valence-electron chi connectivity index (χ3n) is 3.87. The number of carbonyl (C=O) groups excluding carboxylic acids is 1. The van der Waals surface area contributed by atoms with Crippen molar-refractivity contribution >= 4 is 23.0 Å². The number of para-hydroxylation sites is 1. The molecule has 2 N–H and O–H groups in total. The van der Waals surface area contributed by atoms with Crippen LogP contribution in [0.4, 0.5) is 17.1 Å². The van der Waals surface area contributed by atoms with Crippen LogP contribution in [0.25, 0.3) is 0 Å². The van der Waals surface area contributed by atoms with Gasteiger partial charge in [-0.1, -0.05) is 18.2 Å². The van der Waals surface area contributed by atoms with E-state index in [4.69, 9.17) is 0 Å². The summed E-state index contributed by atoms with van der Waals surface area (Å²) in [5, 5.41) is 6.07. The van der Waals surface area contributed by atoms with Gasteiger partial charge in [-0.2, -0.15) is 0 Å². The van der Waals surface area contributed by atoms with Crippen LogP contribution in [0, 0.1) is 6.92 Å². The van der Waals surface area contributed by atoms with Gasteiger partial charge in [0.15, 0.2) is 0 Å². The molecule has 4 nitrogen and oxygen atoms in total. The van der Waals surface area contributed by atoms with Crippen LogP contribution in [0.2, 0.25) is 0 Å². The summed E-state index contributed by atoms with van der Waals surface area (Å²) < 4.78 is 0. The molecule has 0 spiro atoms. The highest BCUT2D eigenvalue weighted by molar-refractivity contribution is 5.94. The van der Waals surface area contributed by atoms with Crippen molar-refractivity contribution in [1.82, 2.24) is 0 Å². The van der Waals surface area contributed by atoms with Gasteiger partial charge in [-0.25, -0.2) is 0 Å². The Kier molecular flexibility index (Phi) is 6.03. The van der Waals surface area contributed by atoms with E-state index in [1.54, 1.807) is 0 Å². The SMILES string of the molecule is CCN(CC)c1ccc(NCC(=O)Nc2ccccc2C)cc1. The van der Waals surface area contributed by atoms with Gasteiger partial charge in [0.05, 0.1) is 6.54 Å². The monoisotopic (exact) mass is 311 g/mol. The zero-order valence-electron chi connectivity index (χ0n) is 14.1. The second kappa shape index (κ2) is 8.22. The number of nitrogens with zero attached hydrogens (tertiary/aromatic N) is 1. The van der Waals surface area contributed by atoms with Crippen LogP contribution in [0.5, 0.6) is 0 Å². The van der Waals surface area contributed by atoms with E-state index in [9.17, 15) is 4.79 Å². The van der Waals surface area contributed by atoms with Crippen LogP contribution in [-0.4, -0.2) is 25.5 Å². The minimum absolute atomic E-state index is 0.0490. The topological polar surface area (TPSA) is 44.4 Å². The molecule has 0 heterocycles. The molecule has 0 aliphatic carbocycles. The summed E-state index contributed by atoms with van der Waals surface area (Å²) in [5.41, 5.74) is 4.06. The largest absolute Gasteiger partial charge is 0.376 e. The Balaban J connectivity index is 1.88. The van der Waals surface area contributed by atoms with Gasteiger partial charge in [-0.15, -0.1) is 0 Å². The van der Waals surface area contributed by atoms with Crippen LogP contribution in [0.15, 0.2) is 48.5 Å². The number of rotatable bonds is 7. The predicted octanol–water partition coefficient (Wildman–Crippen LogP) is 3.89. The fourth-order valence-electron chi connectivity index (χ4n) is 2.47. The lowest BCUT2D eigenvalue weighted by atomic mass is 10.2. The number of benzene rings is 2. The summed E-state index contributed by atoms with van der Waals surface area (Å²) in [5.74, 6) is -0.0490. The van der Waals surface area contributed by atoms with Crippen molar-refractivity contribution in [3.8, 4) is 0 Å². The van der Waals surface area contributed by atoms with Gasteiger partial charge in [-0.3, -0.25) is 4.79 Å². The van der Waals surface area contributed by atoms with Gasteiger partial charge in [-0.05, 0) is 56.7 Å². The third-order valence-corrected chi connectivity index (χ3v) is 3.87. The molecule has 0 fully saturated rings. The molecule has 2 aromatic carbocycles. The van der Waals surface area contributed by atoms with E-state index >= 15 is 0 Å². The first-order valence-electron chi connectivity index (χ1n) is 8.08. The second-order valence-electron chi connectivity index (χ2n) is 5.44. The second-order valence-corrected chi connectivity index (χ2v) is 5.44. The molecule has 0 aromatic heterocycles. The molecule has 2 rings (SSSR count). The first kappa shape index (κ1) is 16.9. The minimum atomic E-state index is -0.0490. The third kappa shape index (κ3) is 4.74. The van der Waals surface area contributed by atoms with E-state index in [2.05, 4.69) is 41.5 Å². The van der Waals surface area contributed by atoms with Crippen molar-refractivity contribution in [3.05, 3.63) is 54.1 Å². The number of amides is 1. The van der Waals surface area contributed by atoms with E-state index in [1.807, 2.05) is 43.3 Å². The van der Waals surface area contributed by atoms with Gasteiger partial charge in [0, 0.05) is 30.2 Å². The number of hydrogen-bond acceptors (Lipinski definition) is 3. The molecule has 4 heteroatoms. The highest BCUT2D eigenvalue weighted by Gasteiger charge is 2.05. The van der Waals surface area contributed by atoms with Crippen molar-refractivity contribution in [2.24, 2.45) is 0 Å². The summed E-state index contributed by atoms with van der Waals surface area (Å²) in [4.78, 5) is 14.3. The van der Waals surface area contributed by atoms with Crippen LogP contribution in [0.1, 0.15) is 19.4 Å². The van der Waals surface area contributed by atoms with Crippen molar-refractivity contribution in [2.45, 2.75) is 20.8 Å². The molecule has 0 unspecified atom stereocenters. The fourth-order valence-corrected chi connectivity index (χ4v) is 2.47. The summed E-state index contributed by atoms with van der Waals surface area (Å²) in [6.45, 7) is 8.50. The summed E-state index contributed by atoms with van der Waals surface area (Å²) >= 11 is 0. The number of anilines is 3.